The van der Waals surface area contributed by atoms with Crippen LogP contribution in [0.15, 0.2) is 48.8 Å². The zero-order chi connectivity index (χ0) is 11.9. The molecule has 4 heteroatoms. The number of nitrogens with zero attached hydrogens (tertiary/aromatic N) is 2. The van der Waals surface area contributed by atoms with Crippen LogP contribution in [-0.4, -0.2) is 22.6 Å². The van der Waals surface area contributed by atoms with Crippen LogP contribution in [0.2, 0.25) is 0 Å². The molecule has 1 aromatic carbocycles. The van der Waals surface area contributed by atoms with Gasteiger partial charge in [0.2, 0.25) is 5.95 Å². The minimum absolute atomic E-state index is 0.153. The summed E-state index contributed by atoms with van der Waals surface area (Å²) >= 11 is 0. The van der Waals surface area contributed by atoms with Crippen LogP contribution in [-0.2, 0) is 6.42 Å². The third-order valence-corrected chi connectivity index (χ3v) is 2.51. The van der Waals surface area contributed by atoms with Crippen molar-refractivity contribution in [1.82, 2.24) is 9.97 Å². The van der Waals surface area contributed by atoms with E-state index in [9.17, 15) is 0 Å². The molecule has 0 bridgehead atoms. The summed E-state index contributed by atoms with van der Waals surface area (Å²) in [5.41, 5.74) is 7.01. The Kier molecular flexibility index (Phi) is 4.05. The molecule has 0 saturated carbocycles. The highest BCUT2D eigenvalue weighted by molar-refractivity contribution is 5.26. The lowest BCUT2D eigenvalue weighted by Gasteiger charge is -2.16. The summed E-state index contributed by atoms with van der Waals surface area (Å²) in [6.45, 7) is 0.549. The third kappa shape index (κ3) is 3.53. The van der Waals surface area contributed by atoms with E-state index < -0.39 is 0 Å². The van der Waals surface area contributed by atoms with E-state index in [0.717, 1.165) is 6.42 Å². The van der Waals surface area contributed by atoms with Crippen molar-refractivity contribution in [2.45, 2.75) is 12.5 Å². The van der Waals surface area contributed by atoms with Gasteiger partial charge in [-0.2, -0.15) is 0 Å². The molecule has 88 valence electrons. The third-order valence-electron chi connectivity index (χ3n) is 2.51. The van der Waals surface area contributed by atoms with Crippen molar-refractivity contribution in [3.63, 3.8) is 0 Å². The second-order valence-electron chi connectivity index (χ2n) is 3.84. The maximum Gasteiger partial charge on any atom is 0.222 e. The Balaban J connectivity index is 1.98. The van der Waals surface area contributed by atoms with Gasteiger partial charge in [-0.15, -0.1) is 0 Å². The predicted octanol–water partition coefficient (Wildman–Crippen LogP) is 1.46. The molecule has 2 aromatic rings. The van der Waals surface area contributed by atoms with E-state index in [0.29, 0.717) is 12.5 Å². The van der Waals surface area contributed by atoms with Gasteiger partial charge in [0.25, 0.3) is 0 Å². The average Bonchev–Trinajstić information content (AvgIpc) is 2.40. The van der Waals surface area contributed by atoms with Crippen LogP contribution in [0, 0.1) is 0 Å². The van der Waals surface area contributed by atoms with Crippen molar-refractivity contribution in [2.75, 3.05) is 11.9 Å². The Bertz CT molecular complexity index is 388. The number of anilines is 1. The lowest BCUT2D eigenvalue weighted by atomic mass is 10.1. The molecule has 1 atom stereocenters. The van der Waals surface area contributed by atoms with Gasteiger partial charge in [-0.05, 0) is 18.1 Å². The minimum Gasteiger partial charge on any atom is -0.350 e. The van der Waals surface area contributed by atoms with Crippen LogP contribution >= 0.6 is 0 Å². The number of rotatable bonds is 5. The standard InChI is InChI=1S/C13H16N4/c14-10-12(9-11-5-2-1-3-6-11)17-13-15-7-4-8-16-13/h1-8,12H,9-10,14H2,(H,15,16,17). The number of nitrogens with two attached hydrogens (primary N) is 1. The molecule has 0 radical (unpaired) electrons. The molecule has 0 amide bonds. The molecule has 17 heavy (non-hydrogen) atoms. The smallest absolute Gasteiger partial charge is 0.222 e. The van der Waals surface area contributed by atoms with Gasteiger partial charge in [-0.3, -0.25) is 0 Å². The van der Waals surface area contributed by atoms with Gasteiger partial charge in [0.05, 0.1) is 0 Å². The van der Waals surface area contributed by atoms with Crippen LogP contribution in [0.5, 0.6) is 0 Å². The Morgan fingerprint density at radius 2 is 1.76 bits per heavy atom. The summed E-state index contributed by atoms with van der Waals surface area (Å²) in [4.78, 5) is 8.26. The van der Waals surface area contributed by atoms with E-state index in [2.05, 4.69) is 27.4 Å². The number of hydrogen-bond donors (Lipinski definition) is 2. The van der Waals surface area contributed by atoms with E-state index in [1.807, 2.05) is 18.2 Å². The Morgan fingerprint density at radius 3 is 2.41 bits per heavy atom. The van der Waals surface area contributed by atoms with E-state index in [-0.39, 0.29) is 6.04 Å². The molecule has 2 rings (SSSR count). The van der Waals surface area contributed by atoms with Crippen LogP contribution in [0.25, 0.3) is 0 Å². The summed E-state index contributed by atoms with van der Waals surface area (Å²) in [6.07, 6.45) is 4.30. The lowest BCUT2D eigenvalue weighted by molar-refractivity contribution is 0.715. The summed E-state index contributed by atoms with van der Waals surface area (Å²) in [5, 5.41) is 3.23. The summed E-state index contributed by atoms with van der Waals surface area (Å²) in [6, 6.07) is 12.2. The first-order valence-corrected chi connectivity index (χ1v) is 5.66. The molecule has 1 aromatic heterocycles. The number of nitrogens with one attached hydrogen (secondary N) is 1. The van der Waals surface area contributed by atoms with E-state index >= 15 is 0 Å². The van der Waals surface area contributed by atoms with Crippen LogP contribution in [0.4, 0.5) is 5.95 Å². The fourth-order valence-electron chi connectivity index (χ4n) is 1.65. The first-order valence-electron chi connectivity index (χ1n) is 5.66. The molecule has 0 aliphatic carbocycles. The monoisotopic (exact) mass is 228 g/mol. The normalized spacial score (nSPS) is 12.1. The molecule has 0 spiro atoms. The van der Waals surface area contributed by atoms with Crippen LogP contribution in [0.1, 0.15) is 5.56 Å². The fraction of sp³-hybridized carbons (Fsp3) is 0.231. The van der Waals surface area contributed by atoms with Crippen molar-refractivity contribution in [3.05, 3.63) is 54.4 Å². The van der Waals surface area contributed by atoms with Crippen molar-refractivity contribution in [2.24, 2.45) is 5.73 Å². The van der Waals surface area contributed by atoms with Crippen molar-refractivity contribution < 1.29 is 0 Å². The highest BCUT2D eigenvalue weighted by Gasteiger charge is 2.08. The molecule has 0 aliphatic heterocycles. The Hall–Kier alpha value is -1.94. The van der Waals surface area contributed by atoms with E-state index in [1.54, 1.807) is 18.5 Å². The van der Waals surface area contributed by atoms with Crippen molar-refractivity contribution in [1.29, 1.82) is 0 Å². The van der Waals surface area contributed by atoms with Crippen molar-refractivity contribution >= 4 is 5.95 Å². The molecule has 0 aliphatic rings. The molecule has 0 fully saturated rings. The van der Waals surface area contributed by atoms with Gasteiger partial charge in [0, 0.05) is 25.0 Å². The SMILES string of the molecule is NCC(Cc1ccccc1)Nc1ncccn1. The Morgan fingerprint density at radius 1 is 1.06 bits per heavy atom. The van der Waals surface area contributed by atoms with Crippen LogP contribution in [0.3, 0.4) is 0 Å². The second-order valence-corrected chi connectivity index (χ2v) is 3.84. The number of hydrogen-bond acceptors (Lipinski definition) is 4. The summed E-state index contributed by atoms with van der Waals surface area (Å²) in [7, 11) is 0. The largest absolute Gasteiger partial charge is 0.350 e. The van der Waals surface area contributed by atoms with Crippen molar-refractivity contribution in [3.8, 4) is 0 Å². The number of benzene rings is 1. The maximum absolute atomic E-state index is 5.75. The topological polar surface area (TPSA) is 63.8 Å². The minimum atomic E-state index is 0.153. The first-order chi connectivity index (χ1) is 8.38. The molecule has 3 N–H and O–H groups in total. The van der Waals surface area contributed by atoms with Gasteiger partial charge in [-0.25, -0.2) is 9.97 Å². The molecular weight excluding hydrogens is 212 g/mol. The molecule has 0 saturated heterocycles. The summed E-state index contributed by atoms with van der Waals surface area (Å²) < 4.78 is 0. The predicted molar refractivity (Wildman–Crippen MR) is 68.6 cm³/mol. The highest BCUT2D eigenvalue weighted by Crippen LogP contribution is 2.06. The quantitative estimate of drug-likeness (QED) is 0.813. The molecule has 4 nitrogen and oxygen atoms in total. The van der Waals surface area contributed by atoms with E-state index in [4.69, 9.17) is 5.73 Å². The maximum atomic E-state index is 5.75. The second kappa shape index (κ2) is 5.96. The van der Waals surface area contributed by atoms with Gasteiger partial charge in [-0.1, -0.05) is 30.3 Å². The fourth-order valence-corrected chi connectivity index (χ4v) is 1.65. The van der Waals surface area contributed by atoms with Gasteiger partial charge in [0.15, 0.2) is 0 Å². The Labute approximate surface area is 101 Å². The van der Waals surface area contributed by atoms with Gasteiger partial charge >= 0.3 is 0 Å². The van der Waals surface area contributed by atoms with Gasteiger partial charge in [0.1, 0.15) is 0 Å². The van der Waals surface area contributed by atoms with Gasteiger partial charge < -0.3 is 11.1 Å². The average molecular weight is 228 g/mol. The summed E-state index contributed by atoms with van der Waals surface area (Å²) in [5.74, 6) is 0.624. The highest BCUT2D eigenvalue weighted by atomic mass is 15.1. The zero-order valence-corrected chi connectivity index (χ0v) is 9.58. The molecule has 1 heterocycles. The van der Waals surface area contributed by atoms with E-state index in [1.165, 1.54) is 5.56 Å². The first kappa shape index (κ1) is 11.5. The zero-order valence-electron chi connectivity index (χ0n) is 9.58. The lowest BCUT2D eigenvalue weighted by Crippen LogP contribution is -2.31. The number of aromatic nitrogens is 2. The molecule has 1 unspecified atom stereocenters. The van der Waals surface area contributed by atoms with Crippen LogP contribution < -0.4 is 11.1 Å². The molecular formula is C13H16N4.